The van der Waals surface area contributed by atoms with Crippen molar-refractivity contribution in [2.24, 2.45) is 11.7 Å². The molecule has 5 nitrogen and oxygen atoms in total. The maximum absolute atomic E-state index is 5.74. The lowest BCUT2D eigenvalue weighted by Gasteiger charge is -2.32. The summed E-state index contributed by atoms with van der Waals surface area (Å²) in [6.45, 7) is 4.97. The molecule has 3 rings (SSSR count). The Kier molecular flexibility index (Phi) is 3.66. The molecule has 2 N–H and O–H groups in total. The highest BCUT2D eigenvalue weighted by atomic mass is 15.3. The summed E-state index contributed by atoms with van der Waals surface area (Å²) >= 11 is 0. The van der Waals surface area contributed by atoms with Gasteiger partial charge in [0.15, 0.2) is 0 Å². The Morgan fingerprint density at radius 3 is 2.84 bits per heavy atom. The number of hydrogen-bond donors (Lipinski definition) is 1. The molecule has 0 amide bonds. The van der Waals surface area contributed by atoms with Crippen LogP contribution in [0.4, 0.5) is 5.95 Å². The van der Waals surface area contributed by atoms with Gasteiger partial charge < -0.3 is 15.5 Å². The molecule has 3 heterocycles. The third-order valence-corrected chi connectivity index (χ3v) is 4.34. The van der Waals surface area contributed by atoms with Crippen molar-refractivity contribution in [2.75, 3.05) is 38.1 Å². The normalized spacial score (nSPS) is 21.5. The predicted molar refractivity (Wildman–Crippen MR) is 76.1 cm³/mol. The summed E-state index contributed by atoms with van der Waals surface area (Å²) in [5.41, 5.74) is 8.26. The first kappa shape index (κ1) is 12.8. The Morgan fingerprint density at radius 1 is 1.32 bits per heavy atom. The number of nitrogens with two attached hydrogens (primary N) is 1. The lowest BCUT2D eigenvalue weighted by Crippen LogP contribution is -2.37. The minimum atomic E-state index is 0.683. The van der Waals surface area contributed by atoms with E-state index in [1.54, 1.807) is 0 Å². The molecule has 0 spiro atoms. The summed E-state index contributed by atoms with van der Waals surface area (Å²) in [7, 11) is 2.15. The van der Waals surface area contributed by atoms with Gasteiger partial charge in [0.05, 0.1) is 5.69 Å². The van der Waals surface area contributed by atoms with Gasteiger partial charge in [-0.05, 0) is 32.4 Å². The molecule has 0 aromatic carbocycles. The maximum atomic E-state index is 5.74. The van der Waals surface area contributed by atoms with E-state index in [9.17, 15) is 0 Å². The molecule has 0 radical (unpaired) electrons. The fourth-order valence-corrected chi connectivity index (χ4v) is 2.97. The summed E-state index contributed by atoms with van der Waals surface area (Å²) in [5, 5.41) is 0. The molecule has 0 aliphatic carbocycles. The van der Waals surface area contributed by atoms with Crippen LogP contribution in [0.25, 0.3) is 0 Å². The standard InChI is InChI=1S/C14H23N5/c1-18-5-4-13-12(10-18)9-16-14(17-13)19-6-2-11(8-15)3-7-19/h9,11H,2-8,10,15H2,1H3. The van der Waals surface area contributed by atoms with Crippen molar-refractivity contribution in [1.29, 1.82) is 0 Å². The van der Waals surface area contributed by atoms with Crippen molar-refractivity contribution in [2.45, 2.75) is 25.8 Å². The zero-order valence-electron chi connectivity index (χ0n) is 11.7. The molecule has 2 aliphatic heterocycles. The number of fused-ring (bicyclic) bond motifs is 1. The van der Waals surface area contributed by atoms with E-state index in [1.165, 1.54) is 24.1 Å². The molecule has 0 saturated carbocycles. The molecule has 1 saturated heterocycles. The molecule has 5 heteroatoms. The Hall–Kier alpha value is -1.20. The molecule has 0 atom stereocenters. The van der Waals surface area contributed by atoms with Gasteiger partial charge >= 0.3 is 0 Å². The van der Waals surface area contributed by atoms with Gasteiger partial charge in [0.1, 0.15) is 0 Å². The number of likely N-dealkylation sites (N-methyl/N-ethyl adjacent to an activating group) is 1. The minimum Gasteiger partial charge on any atom is -0.341 e. The van der Waals surface area contributed by atoms with Crippen LogP contribution in [0.5, 0.6) is 0 Å². The van der Waals surface area contributed by atoms with Crippen molar-refractivity contribution in [1.82, 2.24) is 14.9 Å². The number of rotatable bonds is 2. The molecule has 0 unspecified atom stereocenters. The van der Waals surface area contributed by atoms with Gasteiger partial charge in [0.25, 0.3) is 0 Å². The zero-order chi connectivity index (χ0) is 13.2. The summed E-state index contributed by atoms with van der Waals surface area (Å²) in [4.78, 5) is 14.0. The summed E-state index contributed by atoms with van der Waals surface area (Å²) in [6.07, 6.45) is 5.39. The topological polar surface area (TPSA) is 58.3 Å². The Labute approximate surface area is 114 Å². The number of hydrogen-bond acceptors (Lipinski definition) is 5. The molecule has 1 aromatic heterocycles. The highest BCUT2D eigenvalue weighted by Crippen LogP contribution is 2.22. The highest BCUT2D eigenvalue weighted by molar-refractivity contribution is 5.34. The molecule has 19 heavy (non-hydrogen) atoms. The van der Waals surface area contributed by atoms with E-state index in [2.05, 4.69) is 21.8 Å². The van der Waals surface area contributed by atoms with Gasteiger partial charge in [-0.1, -0.05) is 0 Å². The van der Waals surface area contributed by atoms with Crippen LogP contribution in [-0.4, -0.2) is 48.1 Å². The zero-order valence-corrected chi connectivity index (χ0v) is 11.7. The predicted octanol–water partition coefficient (Wildman–Crippen LogP) is 0.640. The van der Waals surface area contributed by atoms with Crippen molar-refractivity contribution in [3.8, 4) is 0 Å². The van der Waals surface area contributed by atoms with Gasteiger partial charge in [0, 0.05) is 44.4 Å². The van der Waals surface area contributed by atoms with Crippen LogP contribution in [0, 0.1) is 5.92 Å². The Morgan fingerprint density at radius 2 is 2.11 bits per heavy atom. The highest BCUT2D eigenvalue weighted by Gasteiger charge is 2.22. The lowest BCUT2D eigenvalue weighted by molar-refractivity contribution is 0.309. The number of aromatic nitrogens is 2. The Bertz CT molecular complexity index is 439. The number of anilines is 1. The molecular weight excluding hydrogens is 238 g/mol. The fraction of sp³-hybridized carbons (Fsp3) is 0.714. The van der Waals surface area contributed by atoms with Crippen molar-refractivity contribution >= 4 is 5.95 Å². The van der Waals surface area contributed by atoms with E-state index in [4.69, 9.17) is 10.7 Å². The molecule has 104 valence electrons. The summed E-state index contributed by atoms with van der Waals surface area (Å²) in [6, 6.07) is 0. The van der Waals surface area contributed by atoms with Gasteiger partial charge in [0.2, 0.25) is 5.95 Å². The molecular formula is C14H23N5. The van der Waals surface area contributed by atoms with Crippen LogP contribution in [0.15, 0.2) is 6.20 Å². The summed E-state index contributed by atoms with van der Waals surface area (Å²) in [5.74, 6) is 1.60. The first-order valence-electron chi connectivity index (χ1n) is 7.24. The van der Waals surface area contributed by atoms with Crippen molar-refractivity contribution in [3.63, 3.8) is 0 Å². The SMILES string of the molecule is CN1CCc2nc(N3CCC(CN)CC3)ncc2C1. The number of nitrogens with zero attached hydrogens (tertiary/aromatic N) is 4. The first-order valence-corrected chi connectivity index (χ1v) is 7.24. The van der Waals surface area contributed by atoms with Crippen molar-refractivity contribution in [3.05, 3.63) is 17.5 Å². The monoisotopic (exact) mass is 261 g/mol. The second kappa shape index (κ2) is 5.43. The van der Waals surface area contributed by atoms with E-state index in [0.29, 0.717) is 5.92 Å². The lowest BCUT2D eigenvalue weighted by atomic mass is 9.97. The van der Waals surface area contributed by atoms with E-state index >= 15 is 0 Å². The molecule has 2 aliphatic rings. The van der Waals surface area contributed by atoms with Gasteiger partial charge in [-0.25, -0.2) is 9.97 Å². The first-order chi connectivity index (χ1) is 9.26. The van der Waals surface area contributed by atoms with Gasteiger partial charge in [-0.15, -0.1) is 0 Å². The van der Waals surface area contributed by atoms with E-state index in [0.717, 1.165) is 45.1 Å². The number of piperidine rings is 1. The van der Waals surface area contributed by atoms with E-state index in [1.807, 2.05) is 6.20 Å². The fourth-order valence-electron chi connectivity index (χ4n) is 2.97. The van der Waals surface area contributed by atoms with Crippen LogP contribution in [0.3, 0.4) is 0 Å². The average Bonchev–Trinajstić information content (AvgIpc) is 2.47. The third kappa shape index (κ3) is 2.72. The van der Waals surface area contributed by atoms with Crippen molar-refractivity contribution < 1.29 is 0 Å². The average molecular weight is 261 g/mol. The van der Waals surface area contributed by atoms with E-state index in [-0.39, 0.29) is 0 Å². The minimum absolute atomic E-state index is 0.683. The second-order valence-electron chi connectivity index (χ2n) is 5.80. The molecule has 0 bridgehead atoms. The van der Waals surface area contributed by atoms with Gasteiger partial charge in [-0.2, -0.15) is 0 Å². The quantitative estimate of drug-likeness (QED) is 0.846. The Balaban J connectivity index is 1.72. The van der Waals surface area contributed by atoms with Gasteiger partial charge in [-0.3, -0.25) is 0 Å². The molecule has 1 aromatic rings. The maximum Gasteiger partial charge on any atom is 0.225 e. The van der Waals surface area contributed by atoms with Crippen LogP contribution in [-0.2, 0) is 13.0 Å². The van der Waals surface area contributed by atoms with Crippen LogP contribution in [0.1, 0.15) is 24.1 Å². The van der Waals surface area contributed by atoms with Crippen LogP contribution < -0.4 is 10.6 Å². The second-order valence-corrected chi connectivity index (χ2v) is 5.80. The summed E-state index contributed by atoms with van der Waals surface area (Å²) < 4.78 is 0. The third-order valence-electron chi connectivity index (χ3n) is 4.34. The van der Waals surface area contributed by atoms with Crippen LogP contribution >= 0.6 is 0 Å². The van der Waals surface area contributed by atoms with E-state index < -0.39 is 0 Å². The molecule has 1 fully saturated rings. The smallest absolute Gasteiger partial charge is 0.225 e. The van der Waals surface area contributed by atoms with Crippen LogP contribution in [0.2, 0.25) is 0 Å². The largest absolute Gasteiger partial charge is 0.341 e.